The van der Waals surface area contributed by atoms with E-state index in [4.69, 9.17) is 9.15 Å². The molecule has 0 spiro atoms. The molecule has 28 heavy (non-hydrogen) atoms. The molecule has 4 aromatic rings. The van der Waals surface area contributed by atoms with Gasteiger partial charge in [-0.05, 0) is 59.7 Å². The molecule has 8 nitrogen and oxygen atoms in total. The Morgan fingerprint density at radius 2 is 1.96 bits per heavy atom. The first-order valence-electron chi connectivity index (χ1n) is 8.76. The Labute approximate surface area is 161 Å². The van der Waals surface area contributed by atoms with Gasteiger partial charge in [0.2, 0.25) is 5.89 Å². The molecule has 2 aromatic heterocycles. The predicted octanol–water partition coefficient (Wildman–Crippen LogP) is 2.82. The van der Waals surface area contributed by atoms with Crippen LogP contribution >= 0.6 is 0 Å². The van der Waals surface area contributed by atoms with Crippen LogP contribution in [0.15, 0.2) is 58.1 Å². The van der Waals surface area contributed by atoms with E-state index in [9.17, 15) is 4.79 Å². The Hall–Kier alpha value is -3.68. The molecule has 0 aliphatic carbocycles. The number of oxazole rings is 1. The number of hydrogen-bond acceptors (Lipinski definition) is 6. The molecular formula is C20H19N5O3. The van der Waals surface area contributed by atoms with E-state index < -0.39 is 0 Å². The van der Waals surface area contributed by atoms with Gasteiger partial charge in [-0.3, -0.25) is 0 Å². The second-order valence-corrected chi connectivity index (χ2v) is 6.48. The highest BCUT2D eigenvalue weighted by molar-refractivity contribution is 5.57. The van der Waals surface area contributed by atoms with Gasteiger partial charge >= 0.3 is 5.69 Å². The van der Waals surface area contributed by atoms with Crippen molar-refractivity contribution in [2.75, 3.05) is 0 Å². The third-order valence-corrected chi connectivity index (χ3v) is 4.56. The highest BCUT2D eigenvalue weighted by atomic mass is 16.5. The zero-order valence-electron chi connectivity index (χ0n) is 15.8. The molecule has 0 N–H and O–H groups in total. The number of hydrogen-bond donors (Lipinski definition) is 0. The quantitative estimate of drug-likeness (QED) is 0.531. The average molecular weight is 377 g/mol. The van der Waals surface area contributed by atoms with Crippen LogP contribution in [0.5, 0.6) is 5.75 Å². The summed E-state index contributed by atoms with van der Waals surface area (Å²) >= 11 is 0. The van der Waals surface area contributed by atoms with Crippen LogP contribution in [0, 0.1) is 13.8 Å². The lowest BCUT2D eigenvalue weighted by atomic mass is 10.1. The van der Waals surface area contributed by atoms with Crippen molar-refractivity contribution in [3.8, 4) is 22.9 Å². The summed E-state index contributed by atoms with van der Waals surface area (Å²) in [6.45, 7) is 4.24. The third-order valence-electron chi connectivity index (χ3n) is 4.56. The van der Waals surface area contributed by atoms with E-state index in [0.29, 0.717) is 18.2 Å². The van der Waals surface area contributed by atoms with Crippen molar-refractivity contribution >= 4 is 0 Å². The summed E-state index contributed by atoms with van der Waals surface area (Å²) in [5, 5.41) is 7.74. The van der Waals surface area contributed by atoms with Crippen LogP contribution in [-0.4, -0.2) is 24.8 Å². The Balaban J connectivity index is 1.62. The van der Waals surface area contributed by atoms with Crippen LogP contribution in [-0.2, 0) is 13.7 Å². The molecule has 0 radical (unpaired) electrons. The average Bonchev–Trinajstić information content (AvgIpc) is 3.33. The van der Waals surface area contributed by atoms with Gasteiger partial charge in [0.05, 0.1) is 11.9 Å². The molecule has 0 aliphatic rings. The van der Waals surface area contributed by atoms with Gasteiger partial charge in [-0.15, -0.1) is 0 Å². The van der Waals surface area contributed by atoms with E-state index >= 15 is 0 Å². The minimum Gasteiger partial charge on any atom is -0.489 e. The van der Waals surface area contributed by atoms with Crippen molar-refractivity contribution in [2.24, 2.45) is 7.05 Å². The van der Waals surface area contributed by atoms with E-state index in [0.717, 1.165) is 28.0 Å². The summed E-state index contributed by atoms with van der Waals surface area (Å²) in [4.78, 5) is 16.4. The van der Waals surface area contributed by atoms with Crippen molar-refractivity contribution < 1.29 is 9.15 Å². The van der Waals surface area contributed by atoms with Crippen LogP contribution in [0.2, 0.25) is 0 Å². The summed E-state index contributed by atoms with van der Waals surface area (Å²) < 4.78 is 13.9. The van der Waals surface area contributed by atoms with Crippen molar-refractivity contribution in [1.29, 1.82) is 0 Å². The van der Waals surface area contributed by atoms with Crippen LogP contribution in [0.25, 0.3) is 17.1 Å². The van der Waals surface area contributed by atoms with Crippen molar-refractivity contribution in [3.63, 3.8) is 0 Å². The molecule has 0 unspecified atom stereocenters. The molecule has 142 valence electrons. The van der Waals surface area contributed by atoms with Gasteiger partial charge in [0.25, 0.3) is 0 Å². The largest absolute Gasteiger partial charge is 0.489 e. The van der Waals surface area contributed by atoms with Gasteiger partial charge < -0.3 is 9.15 Å². The first kappa shape index (κ1) is 17.7. The maximum Gasteiger partial charge on any atom is 0.368 e. The fraction of sp³-hybridized carbons (Fsp3) is 0.200. The smallest absolute Gasteiger partial charge is 0.368 e. The second-order valence-electron chi connectivity index (χ2n) is 6.48. The topological polar surface area (TPSA) is 88.0 Å². The number of aryl methyl sites for hydroxylation is 3. The summed E-state index contributed by atoms with van der Waals surface area (Å²) in [5.41, 5.74) is 4.08. The number of benzene rings is 2. The Kier molecular flexibility index (Phi) is 4.52. The maximum atomic E-state index is 12.3. The maximum absolute atomic E-state index is 12.3. The van der Waals surface area contributed by atoms with Crippen LogP contribution in [0.4, 0.5) is 0 Å². The summed E-state index contributed by atoms with van der Waals surface area (Å²) in [7, 11) is 1.57. The Morgan fingerprint density at radius 3 is 2.64 bits per heavy atom. The van der Waals surface area contributed by atoms with Gasteiger partial charge in [0.15, 0.2) is 0 Å². The molecule has 0 aliphatic heterocycles. The van der Waals surface area contributed by atoms with Gasteiger partial charge in [0.1, 0.15) is 18.6 Å². The first-order chi connectivity index (χ1) is 13.5. The molecule has 8 heteroatoms. The fourth-order valence-corrected chi connectivity index (χ4v) is 3.00. The number of nitrogens with zero attached hydrogens (tertiary/aromatic N) is 5. The fourth-order valence-electron chi connectivity index (χ4n) is 3.00. The monoisotopic (exact) mass is 377 g/mol. The van der Waals surface area contributed by atoms with Crippen LogP contribution < -0.4 is 10.4 Å². The van der Waals surface area contributed by atoms with Crippen LogP contribution in [0.3, 0.4) is 0 Å². The normalized spacial score (nSPS) is 11.0. The molecule has 0 fully saturated rings. The standard InChI is InChI=1S/C20H19N5O3/c1-13-5-4-6-17(25-20(26)24(3)22-23-25)16(13)12-28-18-8-7-15(11-14(18)2)19-21-9-10-27-19/h4-11H,12H2,1-3H3. The van der Waals surface area contributed by atoms with Crippen molar-refractivity contribution in [1.82, 2.24) is 24.8 Å². The minimum absolute atomic E-state index is 0.296. The SMILES string of the molecule is Cc1cc(-c2ncco2)ccc1OCc1c(C)cccc1-n1nnn(C)c1=O. The number of aromatic nitrogens is 5. The summed E-state index contributed by atoms with van der Waals surface area (Å²) in [6.07, 6.45) is 3.16. The lowest BCUT2D eigenvalue weighted by Crippen LogP contribution is -2.23. The van der Waals surface area contributed by atoms with Crippen LogP contribution in [0.1, 0.15) is 16.7 Å². The highest BCUT2D eigenvalue weighted by Crippen LogP contribution is 2.27. The summed E-state index contributed by atoms with van der Waals surface area (Å²) in [6, 6.07) is 11.4. The van der Waals surface area contributed by atoms with E-state index in [-0.39, 0.29) is 5.69 Å². The van der Waals surface area contributed by atoms with E-state index in [1.165, 1.54) is 9.36 Å². The molecule has 0 saturated carbocycles. The van der Waals surface area contributed by atoms with Gasteiger partial charge in [0, 0.05) is 18.2 Å². The minimum atomic E-state index is -0.307. The molecule has 0 atom stereocenters. The van der Waals surface area contributed by atoms with E-state index in [1.807, 2.05) is 50.2 Å². The van der Waals surface area contributed by atoms with E-state index in [2.05, 4.69) is 15.4 Å². The number of ether oxygens (including phenoxy) is 1. The van der Waals surface area contributed by atoms with Gasteiger partial charge in [-0.1, -0.05) is 12.1 Å². The van der Waals surface area contributed by atoms with E-state index in [1.54, 1.807) is 19.5 Å². The Morgan fingerprint density at radius 1 is 1.11 bits per heavy atom. The molecule has 0 bridgehead atoms. The first-order valence-corrected chi connectivity index (χ1v) is 8.76. The Bertz CT molecular complexity index is 1180. The molecule has 2 aromatic carbocycles. The molecule has 0 saturated heterocycles. The lowest BCUT2D eigenvalue weighted by molar-refractivity contribution is 0.302. The third kappa shape index (κ3) is 3.20. The number of tetrazole rings is 1. The lowest BCUT2D eigenvalue weighted by Gasteiger charge is -2.14. The van der Waals surface area contributed by atoms with Crippen molar-refractivity contribution in [2.45, 2.75) is 20.5 Å². The molecular weight excluding hydrogens is 358 g/mol. The van der Waals surface area contributed by atoms with Gasteiger partial charge in [-0.25, -0.2) is 9.78 Å². The van der Waals surface area contributed by atoms with Gasteiger partial charge in [-0.2, -0.15) is 9.36 Å². The zero-order valence-corrected chi connectivity index (χ0v) is 15.8. The molecule has 2 heterocycles. The zero-order chi connectivity index (χ0) is 19.7. The van der Waals surface area contributed by atoms with Crippen molar-refractivity contribution in [3.05, 3.63) is 76.0 Å². The second kappa shape index (κ2) is 7.15. The summed E-state index contributed by atoms with van der Waals surface area (Å²) in [5.74, 6) is 1.31. The molecule has 4 rings (SSSR count). The molecule has 0 amide bonds. The predicted molar refractivity (Wildman–Crippen MR) is 102 cm³/mol. The highest BCUT2D eigenvalue weighted by Gasteiger charge is 2.14. The number of rotatable bonds is 5.